The number of nitrogens with one attached hydrogen (secondary N) is 1. The summed E-state index contributed by atoms with van der Waals surface area (Å²) in [5, 5.41) is 3.76. The minimum absolute atomic E-state index is 0.249. The topological polar surface area (TPSA) is 60.1 Å². The summed E-state index contributed by atoms with van der Waals surface area (Å²) < 4.78 is 7.58. The molecule has 1 amide bonds. The number of amides is 1. The molecule has 124 valence electrons. The summed E-state index contributed by atoms with van der Waals surface area (Å²) >= 11 is 3.20. The third kappa shape index (κ3) is 4.04. The number of aryl methyl sites for hydroxylation is 1. The lowest BCUT2D eigenvalue weighted by molar-refractivity contribution is 0.0995. The lowest BCUT2D eigenvalue weighted by atomic mass is 10.3. The van der Waals surface area contributed by atoms with Gasteiger partial charge in [0.05, 0.1) is 5.75 Å². The van der Waals surface area contributed by atoms with Gasteiger partial charge in [-0.25, -0.2) is 4.98 Å². The van der Waals surface area contributed by atoms with Gasteiger partial charge in [0, 0.05) is 30.0 Å². The molecule has 0 fully saturated rings. The van der Waals surface area contributed by atoms with Gasteiger partial charge in [0.2, 0.25) is 0 Å². The van der Waals surface area contributed by atoms with Crippen LogP contribution in [0.1, 0.15) is 16.3 Å². The van der Waals surface area contributed by atoms with E-state index in [0.29, 0.717) is 11.5 Å². The zero-order valence-electron chi connectivity index (χ0n) is 13.4. The Morgan fingerprint density at radius 2 is 2.21 bits per heavy atom. The highest BCUT2D eigenvalue weighted by Gasteiger charge is 2.12. The summed E-state index contributed by atoms with van der Waals surface area (Å²) in [7, 11) is 1.94. The number of anilines is 1. The van der Waals surface area contributed by atoms with Crippen molar-refractivity contribution in [1.29, 1.82) is 0 Å². The number of imidazole rings is 1. The molecule has 0 aliphatic heterocycles. The van der Waals surface area contributed by atoms with Crippen molar-refractivity contribution in [2.24, 2.45) is 7.05 Å². The van der Waals surface area contributed by atoms with Crippen LogP contribution in [0.3, 0.4) is 0 Å². The van der Waals surface area contributed by atoms with Crippen LogP contribution in [0.4, 0.5) is 5.69 Å². The van der Waals surface area contributed by atoms with Gasteiger partial charge in [-0.2, -0.15) is 0 Å². The number of rotatable bonds is 6. The quantitative estimate of drug-likeness (QED) is 0.666. The number of aromatic nitrogens is 2. The molecule has 7 heteroatoms. The maximum absolute atomic E-state index is 12.3. The van der Waals surface area contributed by atoms with Crippen LogP contribution in [-0.4, -0.2) is 21.7 Å². The van der Waals surface area contributed by atoms with Gasteiger partial charge in [0.1, 0.15) is 5.76 Å². The molecule has 0 saturated carbocycles. The second kappa shape index (κ2) is 7.63. The van der Waals surface area contributed by atoms with Crippen molar-refractivity contribution >= 4 is 35.1 Å². The maximum atomic E-state index is 12.3. The van der Waals surface area contributed by atoms with Crippen molar-refractivity contribution in [1.82, 2.24) is 9.55 Å². The van der Waals surface area contributed by atoms with Crippen LogP contribution in [0.25, 0.3) is 0 Å². The summed E-state index contributed by atoms with van der Waals surface area (Å²) in [5.74, 6) is 1.42. The molecule has 0 saturated heterocycles. The molecular weight excluding hydrogens is 342 g/mol. The minimum Gasteiger partial charge on any atom is -0.455 e. The predicted molar refractivity (Wildman–Crippen MR) is 97.7 cm³/mol. The molecule has 24 heavy (non-hydrogen) atoms. The van der Waals surface area contributed by atoms with Crippen molar-refractivity contribution in [3.63, 3.8) is 0 Å². The van der Waals surface area contributed by atoms with Crippen LogP contribution in [-0.2, 0) is 12.8 Å². The Hall–Kier alpha value is -2.12. The number of carbonyl (C=O) groups excluding carboxylic acids is 1. The van der Waals surface area contributed by atoms with E-state index < -0.39 is 0 Å². The molecule has 0 radical (unpaired) electrons. The Kier molecular flexibility index (Phi) is 5.32. The summed E-state index contributed by atoms with van der Waals surface area (Å²) in [4.78, 5) is 17.6. The number of benzene rings is 1. The lowest BCUT2D eigenvalue weighted by Crippen LogP contribution is -2.10. The van der Waals surface area contributed by atoms with Crippen LogP contribution >= 0.6 is 23.5 Å². The second-order valence-corrected chi connectivity index (χ2v) is 6.88. The van der Waals surface area contributed by atoms with Gasteiger partial charge in [0.15, 0.2) is 10.9 Å². The van der Waals surface area contributed by atoms with Crippen LogP contribution in [0.2, 0.25) is 0 Å². The molecule has 0 aliphatic rings. The first kappa shape index (κ1) is 16.7. The van der Waals surface area contributed by atoms with Gasteiger partial charge in [0.25, 0.3) is 5.91 Å². The zero-order valence-corrected chi connectivity index (χ0v) is 15.0. The van der Waals surface area contributed by atoms with Crippen LogP contribution in [0, 0.1) is 0 Å². The fourth-order valence-corrected chi connectivity index (χ4v) is 3.38. The average molecular weight is 359 g/mol. The highest BCUT2D eigenvalue weighted by atomic mass is 32.2. The Bertz CT molecular complexity index is 842. The SMILES string of the molecule is CSc1cccc(NC(=O)c2ccc(CSc3nccn3C)o2)c1. The first-order valence-corrected chi connectivity index (χ1v) is 9.51. The highest BCUT2D eigenvalue weighted by Crippen LogP contribution is 2.23. The van der Waals surface area contributed by atoms with E-state index in [1.807, 2.05) is 54.4 Å². The molecule has 0 atom stereocenters. The van der Waals surface area contributed by atoms with E-state index in [4.69, 9.17) is 4.42 Å². The van der Waals surface area contributed by atoms with E-state index in [1.165, 1.54) is 0 Å². The smallest absolute Gasteiger partial charge is 0.291 e. The van der Waals surface area contributed by atoms with Gasteiger partial charge < -0.3 is 14.3 Å². The number of thioether (sulfide) groups is 2. The third-order valence-electron chi connectivity index (χ3n) is 3.33. The van der Waals surface area contributed by atoms with Crippen molar-refractivity contribution < 1.29 is 9.21 Å². The largest absolute Gasteiger partial charge is 0.455 e. The van der Waals surface area contributed by atoms with Crippen molar-refractivity contribution in [3.8, 4) is 0 Å². The summed E-state index contributed by atoms with van der Waals surface area (Å²) in [6.07, 6.45) is 5.65. The Balaban J connectivity index is 1.62. The van der Waals surface area contributed by atoms with Gasteiger partial charge in [-0.1, -0.05) is 17.8 Å². The molecule has 1 N–H and O–H groups in total. The monoisotopic (exact) mass is 359 g/mol. The van der Waals surface area contributed by atoms with Crippen LogP contribution in [0.5, 0.6) is 0 Å². The van der Waals surface area contributed by atoms with Crippen LogP contribution < -0.4 is 5.32 Å². The van der Waals surface area contributed by atoms with Gasteiger partial charge >= 0.3 is 0 Å². The fourth-order valence-electron chi connectivity index (χ4n) is 2.10. The third-order valence-corrected chi connectivity index (χ3v) is 5.14. The fraction of sp³-hybridized carbons (Fsp3) is 0.176. The zero-order chi connectivity index (χ0) is 16.9. The molecule has 0 spiro atoms. The Morgan fingerprint density at radius 3 is 2.96 bits per heavy atom. The molecule has 0 aliphatic carbocycles. The minimum atomic E-state index is -0.249. The Morgan fingerprint density at radius 1 is 1.33 bits per heavy atom. The number of furan rings is 1. The first-order valence-electron chi connectivity index (χ1n) is 7.30. The average Bonchev–Trinajstić information content (AvgIpc) is 3.22. The summed E-state index contributed by atoms with van der Waals surface area (Å²) in [6, 6.07) is 11.2. The maximum Gasteiger partial charge on any atom is 0.291 e. The van der Waals surface area contributed by atoms with E-state index in [2.05, 4.69) is 10.3 Å². The normalized spacial score (nSPS) is 10.8. The lowest BCUT2D eigenvalue weighted by Gasteiger charge is -2.04. The van der Waals surface area contributed by atoms with E-state index in [0.717, 1.165) is 21.5 Å². The second-order valence-electron chi connectivity index (χ2n) is 5.06. The molecule has 0 bridgehead atoms. The molecule has 2 heterocycles. The number of hydrogen-bond donors (Lipinski definition) is 1. The van der Waals surface area contributed by atoms with Crippen molar-refractivity contribution in [2.45, 2.75) is 15.8 Å². The van der Waals surface area contributed by atoms with Crippen LogP contribution in [0.15, 0.2) is 63.3 Å². The van der Waals surface area contributed by atoms with Gasteiger partial charge in [-0.15, -0.1) is 11.8 Å². The predicted octanol–water partition coefficient (Wildman–Crippen LogP) is 4.28. The molecule has 0 unspecified atom stereocenters. The number of hydrogen-bond acceptors (Lipinski definition) is 5. The Labute approximate surface area is 148 Å². The molecule has 2 aromatic heterocycles. The van der Waals surface area contributed by atoms with E-state index in [9.17, 15) is 4.79 Å². The first-order chi connectivity index (χ1) is 11.7. The molecular formula is C17H17N3O2S2. The van der Waals surface area contributed by atoms with Gasteiger partial charge in [-0.3, -0.25) is 4.79 Å². The summed E-state index contributed by atoms with van der Waals surface area (Å²) in [5.41, 5.74) is 0.757. The number of carbonyl (C=O) groups is 1. The molecule has 1 aromatic carbocycles. The molecule has 3 aromatic rings. The molecule has 3 rings (SSSR count). The van der Waals surface area contributed by atoms with E-state index >= 15 is 0 Å². The van der Waals surface area contributed by atoms with E-state index in [1.54, 1.807) is 35.8 Å². The van der Waals surface area contributed by atoms with Crippen molar-refractivity contribution in [3.05, 3.63) is 60.3 Å². The van der Waals surface area contributed by atoms with Crippen molar-refractivity contribution in [2.75, 3.05) is 11.6 Å². The highest BCUT2D eigenvalue weighted by molar-refractivity contribution is 7.98. The standard InChI is InChI=1S/C17H17N3O2S2/c1-20-9-8-18-17(20)24-11-13-6-7-15(22-13)16(21)19-12-4-3-5-14(10-12)23-2/h3-10H,11H2,1-2H3,(H,19,21). The van der Waals surface area contributed by atoms with Gasteiger partial charge in [-0.05, 0) is 36.6 Å². The summed E-state index contributed by atoms with van der Waals surface area (Å²) in [6.45, 7) is 0. The number of nitrogens with zero attached hydrogens (tertiary/aromatic N) is 2. The molecule has 5 nitrogen and oxygen atoms in total. The van der Waals surface area contributed by atoms with E-state index in [-0.39, 0.29) is 5.91 Å².